The van der Waals surface area contributed by atoms with E-state index in [9.17, 15) is 9.59 Å². The molecule has 5 nitrogen and oxygen atoms in total. The van der Waals surface area contributed by atoms with Crippen molar-refractivity contribution < 1.29 is 9.53 Å². The molecule has 0 atom stereocenters. The molecule has 3 aromatic rings. The van der Waals surface area contributed by atoms with Crippen LogP contribution < -0.4 is 5.56 Å². The van der Waals surface area contributed by atoms with Crippen LogP contribution in [0, 0.1) is 20.8 Å². The molecule has 0 N–H and O–H groups in total. The summed E-state index contributed by atoms with van der Waals surface area (Å²) < 4.78 is 6.78. The Morgan fingerprint density at radius 3 is 2.46 bits per heavy atom. The van der Waals surface area contributed by atoms with E-state index in [0.29, 0.717) is 16.9 Å². The molecule has 122 valence electrons. The standard InChI is InChI=1S/C19H18N2O3/c1-12-4-5-17-20-16(9-18(22)21(17)10-12)11-24-19(23)15-7-13(2)6-14(3)8-15/h4-10H,11H2,1-3H3. The first-order chi connectivity index (χ1) is 11.4. The van der Waals surface area contributed by atoms with Crippen LogP contribution in [-0.2, 0) is 11.3 Å². The number of fused-ring (bicyclic) bond motifs is 1. The summed E-state index contributed by atoms with van der Waals surface area (Å²) in [6, 6.07) is 10.6. The zero-order chi connectivity index (χ0) is 17.3. The Balaban J connectivity index is 1.81. The molecule has 0 amide bonds. The highest BCUT2D eigenvalue weighted by atomic mass is 16.5. The SMILES string of the molecule is Cc1cc(C)cc(C(=O)OCc2cc(=O)n3cc(C)ccc3n2)c1. The molecule has 0 radical (unpaired) electrons. The number of rotatable bonds is 3. The van der Waals surface area contributed by atoms with Gasteiger partial charge in [0.25, 0.3) is 5.56 Å². The third-order valence-corrected chi connectivity index (χ3v) is 3.67. The average molecular weight is 322 g/mol. The lowest BCUT2D eigenvalue weighted by Gasteiger charge is -2.08. The highest BCUT2D eigenvalue weighted by molar-refractivity contribution is 5.89. The van der Waals surface area contributed by atoms with Crippen molar-refractivity contribution in [1.82, 2.24) is 9.38 Å². The van der Waals surface area contributed by atoms with E-state index in [2.05, 4.69) is 4.98 Å². The number of nitrogens with zero attached hydrogens (tertiary/aromatic N) is 2. The van der Waals surface area contributed by atoms with Crippen LogP contribution in [0.5, 0.6) is 0 Å². The summed E-state index contributed by atoms with van der Waals surface area (Å²) in [6.07, 6.45) is 1.73. The number of hydrogen-bond acceptors (Lipinski definition) is 4. The summed E-state index contributed by atoms with van der Waals surface area (Å²) in [5.41, 5.74) is 4.24. The minimum atomic E-state index is -0.423. The fraction of sp³-hybridized carbons (Fsp3) is 0.211. The first kappa shape index (κ1) is 15.9. The molecule has 24 heavy (non-hydrogen) atoms. The molecule has 0 saturated carbocycles. The van der Waals surface area contributed by atoms with Crippen molar-refractivity contribution in [3.63, 3.8) is 0 Å². The molecule has 0 aliphatic carbocycles. The molecule has 0 spiro atoms. The van der Waals surface area contributed by atoms with Crippen LogP contribution in [0.4, 0.5) is 0 Å². The molecule has 0 unspecified atom stereocenters. The zero-order valence-corrected chi connectivity index (χ0v) is 13.9. The summed E-state index contributed by atoms with van der Waals surface area (Å²) in [5, 5.41) is 0. The molecular formula is C19H18N2O3. The predicted octanol–water partition coefficient (Wildman–Crippen LogP) is 2.98. The number of hydrogen-bond donors (Lipinski definition) is 0. The molecule has 3 rings (SSSR count). The Morgan fingerprint density at radius 2 is 1.75 bits per heavy atom. The Kier molecular flexibility index (Phi) is 4.16. The monoisotopic (exact) mass is 322 g/mol. The van der Waals surface area contributed by atoms with E-state index < -0.39 is 5.97 Å². The van der Waals surface area contributed by atoms with Crippen molar-refractivity contribution in [2.45, 2.75) is 27.4 Å². The van der Waals surface area contributed by atoms with Gasteiger partial charge in [0.05, 0.1) is 11.3 Å². The molecule has 0 bridgehead atoms. The Labute approximate surface area is 139 Å². The molecule has 5 heteroatoms. The first-order valence-electron chi connectivity index (χ1n) is 7.67. The minimum Gasteiger partial charge on any atom is -0.456 e. The fourth-order valence-corrected chi connectivity index (χ4v) is 2.65. The van der Waals surface area contributed by atoms with Crippen molar-refractivity contribution in [1.29, 1.82) is 0 Å². The third-order valence-electron chi connectivity index (χ3n) is 3.67. The van der Waals surface area contributed by atoms with Crippen molar-refractivity contribution >= 4 is 11.6 Å². The van der Waals surface area contributed by atoms with Gasteiger partial charge in [-0.05, 0) is 44.5 Å². The van der Waals surface area contributed by atoms with E-state index in [1.54, 1.807) is 24.4 Å². The van der Waals surface area contributed by atoms with Gasteiger partial charge in [0.2, 0.25) is 0 Å². The largest absolute Gasteiger partial charge is 0.456 e. The Bertz CT molecular complexity index is 969. The molecular weight excluding hydrogens is 304 g/mol. The van der Waals surface area contributed by atoms with E-state index in [1.165, 1.54) is 10.5 Å². The second kappa shape index (κ2) is 6.28. The van der Waals surface area contributed by atoms with Gasteiger partial charge >= 0.3 is 5.97 Å². The second-order valence-corrected chi connectivity index (χ2v) is 5.97. The number of carbonyl (C=O) groups is 1. The van der Waals surface area contributed by atoms with E-state index >= 15 is 0 Å². The predicted molar refractivity (Wildman–Crippen MR) is 91.2 cm³/mol. The minimum absolute atomic E-state index is 0.0363. The quantitative estimate of drug-likeness (QED) is 0.696. The van der Waals surface area contributed by atoms with Crippen LogP contribution in [0.2, 0.25) is 0 Å². The number of esters is 1. The summed E-state index contributed by atoms with van der Waals surface area (Å²) in [7, 11) is 0. The van der Waals surface area contributed by atoms with Gasteiger partial charge in [0.15, 0.2) is 0 Å². The Morgan fingerprint density at radius 1 is 1.04 bits per heavy atom. The maximum Gasteiger partial charge on any atom is 0.338 e. The van der Waals surface area contributed by atoms with Crippen LogP contribution in [0.3, 0.4) is 0 Å². The van der Waals surface area contributed by atoms with E-state index in [4.69, 9.17) is 4.74 Å². The third kappa shape index (κ3) is 3.35. The summed E-state index contributed by atoms with van der Waals surface area (Å²) >= 11 is 0. The van der Waals surface area contributed by atoms with Gasteiger partial charge in [-0.1, -0.05) is 23.3 Å². The number of ether oxygens (including phenoxy) is 1. The number of aromatic nitrogens is 2. The molecule has 0 saturated heterocycles. The van der Waals surface area contributed by atoms with Crippen molar-refractivity contribution in [3.8, 4) is 0 Å². The van der Waals surface area contributed by atoms with Gasteiger partial charge in [-0.2, -0.15) is 0 Å². The highest BCUT2D eigenvalue weighted by Gasteiger charge is 2.10. The van der Waals surface area contributed by atoms with Crippen LogP contribution >= 0.6 is 0 Å². The van der Waals surface area contributed by atoms with Crippen molar-refractivity contribution in [2.75, 3.05) is 0 Å². The Hall–Kier alpha value is -2.95. The number of pyridine rings is 1. The maximum absolute atomic E-state index is 12.2. The number of benzene rings is 1. The van der Waals surface area contributed by atoms with E-state index in [-0.39, 0.29) is 12.2 Å². The van der Waals surface area contributed by atoms with Crippen LogP contribution in [0.1, 0.15) is 32.7 Å². The van der Waals surface area contributed by atoms with E-state index in [0.717, 1.165) is 16.7 Å². The number of aryl methyl sites for hydroxylation is 3. The van der Waals surface area contributed by atoms with Crippen molar-refractivity contribution in [2.24, 2.45) is 0 Å². The second-order valence-electron chi connectivity index (χ2n) is 5.97. The molecule has 0 aliphatic rings. The van der Waals surface area contributed by atoms with Gasteiger partial charge in [0.1, 0.15) is 12.3 Å². The van der Waals surface area contributed by atoms with Crippen LogP contribution in [-0.4, -0.2) is 15.4 Å². The van der Waals surface area contributed by atoms with Crippen LogP contribution in [0.25, 0.3) is 5.65 Å². The molecule has 1 aromatic carbocycles. The lowest BCUT2D eigenvalue weighted by molar-refractivity contribution is 0.0467. The smallest absolute Gasteiger partial charge is 0.338 e. The lowest BCUT2D eigenvalue weighted by atomic mass is 10.1. The van der Waals surface area contributed by atoms with Gasteiger partial charge in [-0.15, -0.1) is 0 Å². The molecule has 0 fully saturated rings. The normalized spacial score (nSPS) is 10.8. The average Bonchev–Trinajstić information content (AvgIpc) is 2.52. The molecule has 2 aromatic heterocycles. The van der Waals surface area contributed by atoms with Crippen molar-refractivity contribution in [3.05, 3.63) is 80.9 Å². The summed E-state index contributed by atoms with van der Waals surface area (Å²) in [6.45, 7) is 5.73. The summed E-state index contributed by atoms with van der Waals surface area (Å²) in [5.74, 6) is -0.423. The highest BCUT2D eigenvalue weighted by Crippen LogP contribution is 2.11. The van der Waals surface area contributed by atoms with E-state index in [1.807, 2.05) is 32.9 Å². The maximum atomic E-state index is 12.2. The first-order valence-corrected chi connectivity index (χ1v) is 7.67. The lowest BCUT2D eigenvalue weighted by Crippen LogP contribution is -2.17. The van der Waals surface area contributed by atoms with Gasteiger partial charge in [0, 0.05) is 12.3 Å². The summed E-state index contributed by atoms with van der Waals surface area (Å²) in [4.78, 5) is 28.7. The molecule has 2 heterocycles. The van der Waals surface area contributed by atoms with Crippen LogP contribution in [0.15, 0.2) is 47.4 Å². The molecule has 0 aliphatic heterocycles. The van der Waals surface area contributed by atoms with Gasteiger partial charge < -0.3 is 4.74 Å². The zero-order valence-electron chi connectivity index (χ0n) is 13.9. The fourth-order valence-electron chi connectivity index (χ4n) is 2.65. The van der Waals surface area contributed by atoms with Gasteiger partial charge in [-0.3, -0.25) is 9.20 Å². The number of carbonyl (C=O) groups excluding carboxylic acids is 1. The van der Waals surface area contributed by atoms with Gasteiger partial charge in [-0.25, -0.2) is 9.78 Å². The topological polar surface area (TPSA) is 60.7 Å².